The topological polar surface area (TPSA) is 114 Å². The third kappa shape index (κ3) is 7.18. The minimum absolute atomic E-state index is 0.0558. The molecular formula is C33H40F2N4O4S. The molecule has 2 aliphatic rings. The summed E-state index contributed by atoms with van der Waals surface area (Å²) in [5.41, 5.74) is 7.95. The Labute approximate surface area is 258 Å². The highest BCUT2D eigenvalue weighted by molar-refractivity contribution is 7.89. The van der Waals surface area contributed by atoms with Crippen LogP contribution in [0.4, 0.5) is 14.5 Å². The van der Waals surface area contributed by atoms with E-state index in [2.05, 4.69) is 10.6 Å². The van der Waals surface area contributed by atoms with Crippen molar-refractivity contribution < 1.29 is 26.7 Å². The van der Waals surface area contributed by atoms with Gasteiger partial charge in [0.2, 0.25) is 15.9 Å². The lowest BCUT2D eigenvalue weighted by Gasteiger charge is -2.40. The van der Waals surface area contributed by atoms with Gasteiger partial charge in [-0.25, -0.2) is 17.2 Å². The summed E-state index contributed by atoms with van der Waals surface area (Å²) in [6, 6.07) is 17.1. The fourth-order valence-electron chi connectivity index (χ4n) is 6.53. The summed E-state index contributed by atoms with van der Waals surface area (Å²) in [6.45, 7) is 3.88. The average Bonchev–Trinajstić information content (AvgIpc) is 3.02. The second kappa shape index (κ2) is 14.3. The van der Waals surface area contributed by atoms with Gasteiger partial charge in [0, 0.05) is 55.6 Å². The van der Waals surface area contributed by atoms with E-state index >= 15 is 4.39 Å². The number of anilines is 1. The van der Waals surface area contributed by atoms with Crippen molar-refractivity contribution in [2.45, 2.75) is 61.5 Å². The van der Waals surface area contributed by atoms with Crippen LogP contribution in [0.5, 0.6) is 0 Å². The molecule has 0 bridgehead atoms. The quantitative estimate of drug-likeness (QED) is 0.307. The molecule has 44 heavy (non-hydrogen) atoms. The normalized spacial score (nSPS) is 21.5. The van der Waals surface area contributed by atoms with Crippen LogP contribution in [0.15, 0.2) is 77.7 Å². The van der Waals surface area contributed by atoms with E-state index in [1.807, 2.05) is 6.92 Å². The smallest absolute Gasteiger partial charge is 0.243 e. The molecule has 0 radical (unpaired) electrons. The van der Waals surface area contributed by atoms with Gasteiger partial charge >= 0.3 is 0 Å². The number of rotatable bonds is 10. The minimum atomic E-state index is -3.78. The predicted octanol–water partition coefficient (Wildman–Crippen LogP) is 4.42. The van der Waals surface area contributed by atoms with E-state index in [0.29, 0.717) is 51.3 Å². The van der Waals surface area contributed by atoms with Crippen molar-refractivity contribution in [1.82, 2.24) is 9.62 Å². The van der Waals surface area contributed by atoms with E-state index in [1.54, 1.807) is 48.5 Å². The number of hydrogen-bond donors (Lipinski definition) is 3. The van der Waals surface area contributed by atoms with Crippen molar-refractivity contribution >= 4 is 21.6 Å². The molecule has 5 rings (SSSR count). The van der Waals surface area contributed by atoms with E-state index in [0.717, 1.165) is 5.56 Å². The molecule has 4 N–H and O–H groups in total. The van der Waals surface area contributed by atoms with Gasteiger partial charge in [0.1, 0.15) is 11.6 Å². The number of hydrogen-bond acceptors (Lipinski definition) is 6. The Balaban J connectivity index is 1.35. The molecule has 0 aliphatic carbocycles. The number of halogens is 2. The maximum absolute atomic E-state index is 15.3. The van der Waals surface area contributed by atoms with Gasteiger partial charge in [-0.1, -0.05) is 36.4 Å². The molecule has 0 aromatic heterocycles. The van der Waals surface area contributed by atoms with Crippen molar-refractivity contribution in [2.75, 3.05) is 31.6 Å². The first-order valence-electron chi connectivity index (χ1n) is 15.1. The monoisotopic (exact) mass is 626 g/mol. The summed E-state index contributed by atoms with van der Waals surface area (Å²) in [6.07, 6.45) is 1.95. The lowest BCUT2D eigenvalue weighted by atomic mass is 9.76. The van der Waals surface area contributed by atoms with Gasteiger partial charge in [-0.15, -0.1) is 0 Å². The van der Waals surface area contributed by atoms with Crippen LogP contribution >= 0.6 is 0 Å². The van der Waals surface area contributed by atoms with Crippen LogP contribution in [0, 0.1) is 17.6 Å². The van der Waals surface area contributed by atoms with E-state index in [4.69, 9.17) is 10.5 Å². The average molecular weight is 627 g/mol. The van der Waals surface area contributed by atoms with E-state index in [9.17, 15) is 17.6 Å². The molecule has 2 saturated heterocycles. The Hall–Kier alpha value is -3.22. The molecule has 2 aliphatic heterocycles. The number of ether oxygens (including phenoxy) is 1. The van der Waals surface area contributed by atoms with Crippen molar-refractivity contribution in [2.24, 2.45) is 11.7 Å². The molecule has 11 heteroatoms. The summed E-state index contributed by atoms with van der Waals surface area (Å²) in [7, 11) is -3.78. The summed E-state index contributed by atoms with van der Waals surface area (Å²) in [5.74, 6) is -1.67. The highest BCUT2D eigenvalue weighted by Gasteiger charge is 2.38. The molecule has 3 aromatic carbocycles. The van der Waals surface area contributed by atoms with Crippen molar-refractivity contribution in [3.63, 3.8) is 0 Å². The lowest BCUT2D eigenvalue weighted by Crippen LogP contribution is -2.58. The Bertz CT molecular complexity index is 1520. The summed E-state index contributed by atoms with van der Waals surface area (Å²) in [5, 5.41) is 6.15. The Morgan fingerprint density at radius 2 is 1.73 bits per heavy atom. The van der Waals surface area contributed by atoms with Crippen LogP contribution in [0.2, 0.25) is 0 Å². The van der Waals surface area contributed by atoms with Gasteiger partial charge in [-0.05, 0) is 80.5 Å². The molecular weight excluding hydrogens is 586 g/mol. The van der Waals surface area contributed by atoms with Gasteiger partial charge in [-0.2, -0.15) is 4.31 Å². The van der Waals surface area contributed by atoms with Crippen LogP contribution < -0.4 is 16.4 Å². The number of carbonyl (C=O) groups is 1. The minimum Gasteiger partial charge on any atom is -0.381 e. The van der Waals surface area contributed by atoms with Crippen LogP contribution in [0.3, 0.4) is 0 Å². The Morgan fingerprint density at radius 1 is 1.02 bits per heavy atom. The van der Waals surface area contributed by atoms with E-state index in [1.165, 1.54) is 28.6 Å². The third-order valence-corrected chi connectivity index (χ3v) is 10.8. The second-order valence-electron chi connectivity index (χ2n) is 11.7. The number of nitrogens with zero attached hydrogens (tertiary/aromatic N) is 1. The number of sulfonamides is 1. The van der Waals surface area contributed by atoms with Gasteiger partial charge in [0.15, 0.2) is 0 Å². The van der Waals surface area contributed by atoms with Crippen LogP contribution in [-0.2, 0) is 26.0 Å². The SMILES string of the molecule is C[C@@H]1CNC[C@H](CCc2c(F)cccc2NC(=O)[C@@H](N)C(c2ccc(F)cc2)C2CCOCC2)N1S(=O)(=O)c1ccccc1. The van der Waals surface area contributed by atoms with Gasteiger partial charge < -0.3 is 21.1 Å². The zero-order valence-electron chi connectivity index (χ0n) is 24.8. The second-order valence-corrected chi connectivity index (χ2v) is 13.5. The van der Waals surface area contributed by atoms with Crippen molar-refractivity contribution in [1.29, 1.82) is 0 Å². The first-order chi connectivity index (χ1) is 21.2. The Kier molecular flexibility index (Phi) is 10.4. The number of nitrogens with one attached hydrogen (secondary N) is 2. The van der Waals surface area contributed by atoms with Crippen LogP contribution in [0.25, 0.3) is 0 Å². The maximum Gasteiger partial charge on any atom is 0.243 e. The predicted molar refractivity (Wildman–Crippen MR) is 166 cm³/mol. The fourth-order valence-corrected chi connectivity index (χ4v) is 8.39. The van der Waals surface area contributed by atoms with Crippen LogP contribution in [0.1, 0.15) is 43.2 Å². The highest BCUT2D eigenvalue weighted by atomic mass is 32.2. The molecule has 3 aromatic rings. The molecule has 1 unspecified atom stereocenters. The number of nitrogens with two attached hydrogens (primary N) is 1. The molecule has 236 valence electrons. The van der Waals surface area contributed by atoms with Gasteiger partial charge in [0.25, 0.3) is 0 Å². The molecule has 1 amide bonds. The van der Waals surface area contributed by atoms with Crippen molar-refractivity contribution in [3.05, 3.63) is 95.6 Å². The summed E-state index contributed by atoms with van der Waals surface area (Å²) >= 11 is 0. The first-order valence-corrected chi connectivity index (χ1v) is 16.6. The molecule has 0 saturated carbocycles. The molecule has 2 heterocycles. The zero-order chi connectivity index (χ0) is 31.3. The molecule has 4 atom stereocenters. The Morgan fingerprint density at radius 3 is 2.43 bits per heavy atom. The lowest BCUT2D eigenvalue weighted by molar-refractivity contribution is -0.118. The van der Waals surface area contributed by atoms with Crippen LogP contribution in [-0.4, -0.2) is 63.1 Å². The van der Waals surface area contributed by atoms with Crippen molar-refractivity contribution in [3.8, 4) is 0 Å². The molecule has 2 fully saturated rings. The number of carbonyl (C=O) groups excluding carboxylic acids is 1. The van der Waals surface area contributed by atoms with E-state index in [-0.39, 0.29) is 40.6 Å². The largest absolute Gasteiger partial charge is 0.381 e. The summed E-state index contributed by atoms with van der Waals surface area (Å²) < 4.78 is 63.3. The highest BCUT2D eigenvalue weighted by Crippen LogP contribution is 2.35. The maximum atomic E-state index is 15.3. The first kappa shape index (κ1) is 32.2. The van der Waals surface area contributed by atoms with Gasteiger partial charge in [0.05, 0.1) is 10.9 Å². The summed E-state index contributed by atoms with van der Waals surface area (Å²) in [4.78, 5) is 13.8. The molecule has 8 nitrogen and oxygen atoms in total. The fraction of sp³-hybridized carbons (Fsp3) is 0.424. The number of benzene rings is 3. The standard InChI is InChI=1S/C33H40F2N4O4S/c1-22-20-37-21-26(39(22)44(41,42)27-6-3-2-4-7-27)14-15-28-29(35)8-5-9-30(28)38-33(40)32(36)31(24-16-18-43-19-17-24)23-10-12-25(34)13-11-23/h2-13,22,24,26,31-32,37H,14-21,36H2,1H3,(H,38,40)/t22-,26+,31?,32+/m1/s1. The van der Waals surface area contributed by atoms with Gasteiger partial charge in [-0.3, -0.25) is 4.79 Å². The zero-order valence-corrected chi connectivity index (χ0v) is 25.6. The number of piperazine rings is 1. The number of amides is 1. The van der Waals surface area contributed by atoms with E-state index < -0.39 is 33.8 Å². The molecule has 0 spiro atoms. The third-order valence-electron chi connectivity index (χ3n) is 8.76.